The fraction of sp³-hybridized carbons (Fsp3) is 0.409. The molecule has 8 heteroatoms. The van der Waals surface area contributed by atoms with Crippen molar-refractivity contribution >= 4 is 33.4 Å². The molecule has 0 atom stereocenters. The van der Waals surface area contributed by atoms with E-state index in [-0.39, 0.29) is 12.5 Å². The van der Waals surface area contributed by atoms with Crippen molar-refractivity contribution < 1.29 is 17.9 Å². The molecule has 0 unspecified atom stereocenters. The molecule has 0 saturated heterocycles. The quantitative estimate of drug-likeness (QED) is 0.500. The van der Waals surface area contributed by atoms with Crippen LogP contribution < -0.4 is 14.4 Å². The number of carbonyl (C=O) groups excluding carboxylic acids is 1. The zero-order valence-corrected chi connectivity index (χ0v) is 19.4. The smallest absolute Gasteiger partial charge is 0.240 e. The van der Waals surface area contributed by atoms with Gasteiger partial charge in [-0.15, -0.1) is 0 Å². The van der Waals surface area contributed by atoms with E-state index in [1.807, 2.05) is 19.1 Å². The Bertz CT molecular complexity index is 915. The van der Waals surface area contributed by atoms with Gasteiger partial charge >= 0.3 is 0 Å². The standard InChI is InChI=1S/C22H30N2O4S2/c1-4-14-28-21-11-9-20(10-12-21)24(30(3,26)27)16-22(25)23-13-15-29-17-19-8-6-5-7-18(19)2/h5-12H,4,13-17H2,1-3H3,(H,23,25). The molecule has 0 fully saturated rings. The van der Waals surface area contributed by atoms with E-state index < -0.39 is 10.0 Å². The zero-order valence-electron chi connectivity index (χ0n) is 17.8. The summed E-state index contributed by atoms with van der Waals surface area (Å²) in [6, 6.07) is 14.9. The van der Waals surface area contributed by atoms with Gasteiger partial charge in [0.1, 0.15) is 12.3 Å². The summed E-state index contributed by atoms with van der Waals surface area (Å²) in [6.45, 7) is 4.92. The summed E-state index contributed by atoms with van der Waals surface area (Å²) in [4.78, 5) is 12.3. The fourth-order valence-electron chi connectivity index (χ4n) is 2.73. The third-order valence-corrected chi connectivity index (χ3v) is 6.52. The average molecular weight is 451 g/mol. The second-order valence-corrected chi connectivity index (χ2v) is 9.95. The maximum absolute atomic E-state index is 12.3. The Labute approximate surface area is 184 Å². The molecule has 30 heavy (non-hydrogen) atoms. The maximum atomic E-state index is 12.3. The van der Waals surface area contributed by atoms with Crippen LogP contribution in [0.15, 0.2) is 48.5 Å². The van der Waals surface area contributed by atoms with Gasteiger partial charge in [-0.25, -0.2) is 8.42 Å². The van der Waals surface area contributed by atoms with Crippen molar-refractivity contribution in [2.24, 2.45) is 0 Å². The van der Waals surface area contributed by atoms with Crippen LogP contribution in [0.1, 0.15) is 24.5 Å². The van der Waals surface area contributed by atoms with E-state index in [9.17, 15) is 13.2 Å². The first kappa shape index (κ1) is 24.1. The monoisotopic (exact) mass is 450 g/mol. The molecule has 2 aromatic carbocycles. The van der Waals surface area contributed by atoms with Gasteiger partial charge in [0.2, 0.25) is 15.9 Å². The lowest BCUT2D eigenvalue weighted by molar-refractivity contribution is -0.119. The number of hydrogen-bond acceptors (Lipinski definition) is 5. The van der Waals surface area contributed by atoms with Gasteiger partial charge in [0, 0.05) is 18.1 Å². The zero-order chi connectivity index (χ0) is 22.0. The van der Waals surface area contributed by atoms with E-state index in [2.05, 4.69) is 24.4 Å². The number of amides is 1. The van der Waals surface area contributed by atoms with Crippen LogP contribution in [0.5, 0.6) is 5.75 Å². The molecule has 0 aromatic heterocycles. The lowest BCUT2D eigenvalue weighted by Gasteiger charge is -2.22. The van der Waals surface area contributed by atoms with Crippen LogP contribution in [0.4, 0.5) is 5.69 Å². The Morgan fingerprint density at radius 3 is 2.47 bits per heavy atom. The van der Waals surface area contributed by atoms with Crippen LogP contribution in [0.25, 0.3) is 0 Å². The molecular formula is C22H30N2O4S2. The molecule has 2 aromatic rings. The normalized spacial score (nSPS) is 11.2. The van der Waals surface area contributed by atoms with Crippen molar-refractivity contribution in [3.05, 3.63) is 59.7 Å². The van der Waals surface area contributed by atoms with Gasteiger partial charge in [0.05, 0.1) is 18.6 Å². The lowest BCUT2D eigenvalue weighted by atomic mass is 10.1. The highest BCUT2D eigenvalue weighted by Gasteiger charge is 2.20. The van der Waals surface area contributed by atoms with E-state index in [0.717, 1.165) is 28.5 Å². The van der Waals surface area contributed by atoms with E-state index >= 15 is 0 Å². The fourth-order valence-corrected chi connectivity index (χ4v) is 4.52. The molecule has 0 radical (unpaired) electrons. The van der Waals surface area contributed by atoms with Gasteiger partial charge in [0.15, 0.2) is 0 Å². The van der Waals surface area contributed by atoms with Crippen LogP contribution in [0.3, 0.4) is 0 Å². The number of sulfonamides is 1. The number of nitrogens with zero attached hydrogens (tertiary/aromatic N) is 1. The molecule has 0 bridgehead atoms. The molecule has 0 saturated carbocycles. The number of carbonyl (C=O) groups is 1. The average Bonchev–Trinajstić information content (AvgIpc) is 2.71. The van der Waals surface area contributed by atoms with Gasteiger partial charge < -0.3 is 10.1 Å². The summed E-state index contributed by atoms with van der Waals surface area (Å²) in [7, 11) is -3.59. The summed E-state index contributed by atoms with van der Waals surface area (Å²) < 4.78 is 31.0. The molecule has 2 rings (SSSR count). The Balaban J connectivity index is 1.84. The van der Waals surface area contributed by atoms with E-state index in [0.29, 0.717) is 24.6 Å². The number of thioether (sulfide) groups is 1. The predicted molar refractivity (Wildman–Crippen MR) is 125 cm³/mol. The molecular weight excluding hydrogens is 420 g/mol. The molecule has 1 N–H and O–H groups in total. The Morgan fingerprint density at radius 2 is 1.83 bits per heavy atom. The molecule has 6 nitrogen and oxygen atoms in total. The summed E-state index contributed by atoms with van der Waals surface area (Å²) in [6.07, 6.45) is 1.99. The van der Waals surface area contributed by atoms with Crippen LogP contribution >= 0.6 is 11.8 Å². The van der Waals surface area contributed by atoms with Crippen molar-refractivity contribution in [3.63, 3.8) is 0 Å². The summed E-state index contributed by atoms with van der Waals surface area (Å²) in [5.41, 5.74) is 2.97. The van der Waals surface area contributed by atoms with Gasteiger partial charge in [-0.05, 0) is 48.7 Å². The molecule has 0 aliphatic carbocycles. The van der Waals surface area contributed by atoms with E-state index in [1.54, 1.807) is 36.0 Å². The van der Waals surface area contributed by atoms with Crippen LogP contribution in [-0.4, -0.2) is 46.0 Å². The van der Waals surface area contributed by atoms with Crippen LogP contribution in [0, 0.1) is 6.92 Å². The summed E-state index contributed by atoms with van der Waals surface area (Å²) in [5, 5.41) is 2.80. The lowest BCUT2D eigenvalue weighted by Crippen LogP contribution is -2.41. The molecule has 0 spiro atoms. The molecule has 0 heterocycles. The van der Waals surface area contributed by atoms with Gasteiger partial charge in [-0.2, -0.15) is 11.8 Å². The van der Waals surface area contributed by atoms with Crippen molar-refractivity contribution in [2.45, 2.75) is 26.0 Å². The number of rotatable bonds is 12. The highest BCUT2D eigenvalue weighted by atomic mass is 32.2. The third-order valence-electron chi connectivity index (χ3n) is 4.37. The number of anilines is 1. The number of benzene rings is 2. The number of ether oxygens (including phenoxy) is 1. The first-order valence-electron chi connectivity index (χ1n) is 9.90. The number of nitrogens with one attached hydrogen (secondary N) is 1. The molecule has 0 aliphatic heterocycles. The largest absolute Gasteiger partial charge is 0.494 e. The minimum atomic E-state index is -3.59. The topological polar surface area (TPSA) is 75.7 Å². The summed E-state index contributed by atoms with van der Waals surface area (Å²) >= 11 is 1.73. The molecule has 164 valence electrons. The van der Waals surface area contributed by atoms with Gasteiger partial charge in [-0.3, -0.25) is 9.10 Å². The Kier molecular flexibility index (Phi) is 9.52. The van der Waals surface area contributed by atoms with Gasteiger partial charge in [0.25, 0.3) is 0 Å². The third kappa shape index (κ3) is 7.91. The first-order chi connectivity index (χ1) is 14.3. The van der Waals surface area contributed by atoms with Crippen LogP contribution in [0.2, 0.25) is 0 Å². The summed E-state index contributed by atoms with van der Waals surface area (Å²) in [5.74, 6) is 1.97. The van der Waals surface area contributed by atoms with Crippen molar-refractivity contribution in [1.29, 1.82) is 0 Å². The predicted octanol–water partition coefficient (Wildman–Crippen LogP) is 3.60. The van der Waals surface area contributed by atoms with E-state index in [1.165, 1.54) is 11.1 Å². The highest BCUT2D eigenvalue weighted by Crippen LogP contribution is 2.21. The number of hydrogen-bond donors (Lipinski definition) is 1. The van der Waals surface area contributed by atoms with Crippen molar-refractivity contribution in [1.82, 2.24) is 5.32 Å². The van der Waals surface area contributed by atoms with Crippen molar-refractivity contribution in [3.8, 4) is 5.75 Å². The van der Waals surface area contributed by atoms with E-state index in [4.69, 9.17) is 4.74 Å². The first-order valence-corrected chi connectivity index (χ1v) is 12.9. The minimum Gasteiger partial charge on any atom is -0.494 e. The molecule has 0 aliphatic rings. The SMILES string of the molecule is CCCOc1ccc(N(CC(=O)NCCSCc2ccccc2C)S(C)(=O)=O)cc1. The van der Waals surface area contributed by atoms with Gasteiger partial charge in [-0.1, -0.05) is 31.2 Å². The Morgan fingerprint density at radius 1 is 1.13 bits per heavy atom. The van der Waals surface area contributed by atoms with Crippen molar-refractivity contribution in [2.75, 3.05) is 36.0 Å². The second-order valence-electron chi connectivity index (χ2n) is 6.94. The highest BCUT2D eigenvalue weighted by molar-refractivity contribution is 7.98. The van der Waals surface area contributed by atoms with Crippen LogP contribution in [-0.2, 0) is 20.6 Å². The maximum Gasteiger partial charge on any atom is 0.240 e. The minimum absolute atomic E-state index is 0.254. The molecule has 1 amide bonds. The second kappa shape index (κ2) is 11.9. The Hall–Kier alpha value is -2.19. The number of aryl methyl sites for hydroxylation is 1.